The fraction of sp³-hybridized carbons (Fsp3) is 0.444. The van der Waals surface area contributed by atoms with Crippen molar-refractivity contribution in [1.82, 2.24) is 10.1 Å². The molecule has 6 nitrogen and oxygen atoms in total. The first-order chi connectivity index (χ1) is 11.7. The van der Waals surface area contributed by atoms with Gasteiger partial charge in [0, 0.05) is 12.6 Å². The molecule has 0 radical (unpaired) electrons. The zero-order chi connectivity index (χ0) is 16.5. The zero-order valence-electron chi connectivity index (χ0n) is 13.7. The maximum absolute atomic E-state index is 12.8. The molecule has 0 saturated carbocycles. The fourth-order valence-corrected chi connectivity index (χ4v) is 3.38. The lowest BCUT2D eigenvalue weighted by Gasteiger charge is -2.23. The van der Waals surface area contributed by atoms with Crippen molar-refractivity contribution in [2.75, 3.05) is 19.8 Å². The van der Waals surface area contributed by atoms with Crippen molar-refractivity contribution in [3.63, 3.8) is 0 Å². The molecule has 2 aliphatic heterocycles. The van der Waals surface area contributed by atoms with Crippen LogP contribution in [0.1, 0.15) is 35.9 Å². The molecule has 1 fully saturated rings. The van der Waals surface area contributed by atoms with E-state index in [1.165, 1.54) is 0 Å². The third-order valence-corrected chi connectivity index (χ3v) is 4.51. The van der Waals surface area contributed by atoms with Crippen LogP contribution in [0.3, 0.4) is 0 Å². The second kappa shape index (κ2) is 6.19. The summed E-state index contributed by atoms with van der Waals surface area (Å²) >= 11 is 0. The lowest BCUT2D eigenvalue weighted by atomic mass is 10.1. The maximum atomic E-state index is 12.8. The molecule has 1 saturated heterocycles. The highest BCUT2D eigenvalue weighted by Gasteiger charge is 2.32. The number of aromatic nitrogens is 1. The summed E-state index contributed by atoms with van der Waals surface area (Å²) in [6, 6.07) is 7.61. The summed E-state index contributed by atoms with van der Waals surface area (Å²) in [6.45, 7) is 3.76. The van der Waals surface area contributed by atoms with Crippen LogP contribution in [0, 0.1) is 6.92 Å². The summed E-state index contributed by atoms with van der Waals surface area (Å²) in [4.78, 5) is 14.7. The van der Waals surface area contributed by atoms with Crippen molar-refractivity contribution in [3.8, 4) is 11.5 Å². The van der Waals surface area contributed by atoms with Gasteiger partial charge >= 0.3 is 0 Å². The Morgan fingerprint density at radius 1 is 1.25 bits per heavy atom. The Hall–Kier alpha value is -2.50. The number of nitrogens with zero attached hydrogens (tertiary/aromatic N) is 2. The Bertz CT molecular complexity index is 755. The predicted octanol–water partition coefficient (Wildman–Crippen LogP) is 2.66. The van der Waals surface area contributed by atoms with Crippen LogP contribution in [0.5, 0.6) is 11.5 Å². The summed E-state index contributed by atoms with van der Waals surface area (Å²) in [5.74, 6) is 2.34. The van der Waals surface area contributed by atoms with Crippen LogP contribution in [0.2, 0.25) is 0 Å². The topological polar surface area (TPSA) is 64.8 Å². The number of hydrogen-bond acceptors (Lipinski definition) is 5. The van der Waals surface area contributed by atoms with E-state index in [2.05, 4.69) is 5.16 Å². The Labute approximate surface area is 140 Å². The van der Waals surface area contributed by atoms with Gasteiger partial charge in [-0.25, -0.2) is 0 Å². The van der Waals surface area contributed by atoms with E-state index in [1.807, 2.05) is 36.1 Å². The minimum absolute atomic E-state index is 0.00379. The van der Waals surface area contributed by atoms with Gasteiger partial charge in [0.1, 0.15) is 13.2 Å². The molecule has 126 valence electrons. The Balaban J connectivity index is 1.49. The van der Waals surface area contributed by atoms with Gasteiger partial charge in [0.15, 0.2) is 17.3 Å². The first-order valence-electron chi connectivity index (χ1n) is 8.32. The minimum atomic E-state index is -0.00379. The van der Waals surface area contributed by atoms with E-state index >= 15 is 0 Å². The van der Waals surface area contributed by atoms with E-state index in [4.69, 9.17) is 14.0 Å². The Morgan fingerprint density at radius 2 is 2.08 bits per heavy atom. The third kappa shape index (κ3) is 2.84. The second-order valence-corrected chi connectivity index (χ2v) is 6.27. The average Bonchev–Trinajstić information content (AvgIpc) is 3.23. The van der Waals surface area contributed by atoms with Gasteiger partial charge in [-0.15, -0.1) is 0 Å². The SMILES string of the molecule is Cc1cc([C@H]2CCCN2C(=O)Cc2ccc3c(c2)OCCO3)on1. The molecule has 24 heavy (non-hydrogen) atoms. The van der Waals surface area contributed by atoms with E-state index in [1.54, 1.807) is 0 Å². The molecule has 2 aliphatic rings. The summed E-state index contributed by atoms with van der Waals surface area (Å²) in [6.07, 6.45) is 2.25. The quantitative estimate of drug-likeness (QED) is 0.867. The standard InChI is InChI=1S/C18H20N2O4/c1-12-9-16(24-19-12)14-3-2-6-20(14)18(21)11-13-4-5-15-17(10-13)23-8-7-22-15/h4-5,9-10,14H,2-3,6-8,11H2,1H3/t14-/m1/s1. The van der Waals surface area contributed by atoms with Gasteiger partial charge < -0.3 is 18.9 Å². The van der Waals surface area contributed by atoms with Crippen LogP contribution < -0.4 is 9.47 Å². The van der Waals surface area contributed by atoms with Gasteiger partial charge in [-0.05, 0) is 37.5 Å². The first kappa shape index (κ1) is 15.1. The maximum Gasteiger partial charge on any atom is 0.227 e. The van der Waals surface area contributed by atoms with E-state index in [-0.39, 0.29) is 11.9 Å². The highest BCUT2D eigenvalue weighted by atomic mass is 16.6. The average molecular weight is 328 g/mol. The lowest BCUT2D eigenvalue weighted by molar-refractivity contribution is -0.131. The Morgan fingerprint density at radius 3 is 2.88 bits per heavy atom. The molecular formula is C18H20N2O4. The molecule has 2 aromatic rings. The van der Waals surface area contributed by atoms with Crippen molar-refractivity contribution in [2.45, 2.75) is 32.2 Å². The summed E-state index contributed by atoms with van der Waals surface area (Å²) < 4.78 is 16.5. The first-order valence-corrected chi connectivity index (χ1v) is 8.32. The van der Waals surface area contributed by atoms with Crippen molar-refractivity contribution in [2.24, 2.45) is 0 Å². The van der Waals surface area contributed by atoms with Crippen LogP contribution in [-0.4, -0.2) is 35.7 Å². The van der Waals surface area contributed by atoms with E-state index < -0.39 is 0 Å². The van der Waals surface area contributed by atoms with E-state index in [9.17, 15) is 4.79 Å². The molecule has 4 rings (SSSR count). The highest BCUT2D eigenvalue weighted by Crippen LogP contribution is 2.34. The minimum Gasteiger partial charge on any atom is -0.486 e. The molecule has 0 N–H and O–H groups in total. The van der Waals surface area contributed by atoms with Crippen molar-refractivity contribution in [3.05, 3.63) is 41.3 Å². The van der Waals surface area contributed by atoms with Gasteiger partial charge in [-0.3, -0.25) is 4.79 Å². The molecule has 1 amide bonds. The lowest BCUT2D eigenvalue weighted by Crippen LogP contribution is -2.31. The number of ether oxygens (including phenoxy) is 2. The van der Waals surface area contributed by atoms with E-state index in [0.29, 0.717) is 19.6 Å². The molecule has 0 unspecified atom stereocenters. The molecule has 6 heteroatoms. The number of rotatable bonds is 3. The number of hydrogen-bond donors (Lipinski definition) is 0. The molecule has 1 aromatic heterocycles. The summed E-state index contributed by atoms with van der Waals surface area (Å²) in [7, 11) is 0. The molecule has 0 aliphatic carbocycles. The van der Waals surface area contributed by atoms with Gasteiger partial charge in [-0.1, -0.05) is 11.2 Å². The molecule has 0 spiro atoms. The van der Waals surface area contributed by atoms with Gasteiger partial charge in [0.25, 0.3) is 0 Å². The van der Waals surface area contributed by atoms with Gasteiger partial charge in [0.2, 0.25) is 5.91 Å². The number of carbonyl (C=O) groups is 1. The number of carbonyl (C=O) groups excluding carboxylic acids is 1. The van der Waals surface area contributed by atoms with Crippen LogP contribution in [0.4, 0.5) is 0 Å². The second-order valence-electron chi connectivity index (χ2n) is 6.27. The summed E-state index contributed by atoms with van der Waals surface area (Å²) in [5.41, 5.74) is 1.78. The molecule has 1 aromatic carbocycles. The van der Waals surface area contributed by atoms with Gasteiger partial charge in [0.05, 0.1) is 18.2 Å². The number of benzene rings is 1. The normalized spacial score (nSPS) is 19.5. The largest absolute Gasteiger partial charge is 0.486 e. The fourth-order valence-electron chi connectivity index (χ4n) is 3.38. The number of likely N-dealkylation sites (tertiary alicyclic amines) is 1. The van der Waals surface area contributed by atoms with Crippen molar-refractivity contribution >= 4 is 5.91 Å². The molecule has 1 atom stereocenters. The van der Waals surface area contributed by atoms with Crippen LogP contribution in [-0.2, 0) is 11.2 Å². The number of aryl methyl sites for hydroxylation is 1. The molecular weight excluding hydrogens is 308 g/mol. The van der Waals surface area contributed by atoms with Crippen LogP contribution in [0.15, 0.2) is 28.8 Å². The number of amides is 1. The van der Waals surface area contributed by atoms with Crippen LogP contribution >= 0.6 is 0 Å². The predicted molar refractivity (Wildman–Crippen MR) is 86.1 cm³/mol. The van der Waals surface area contributed by atoms with E-state index in [0.717, 1.165) is 47.9 Å². The molecule has 3 heterocycles. The van der Waals surface area contributed by atoms with Crippen molar-refractivity contribution in [1.29, 1.82) is 0 Å². The Kier molecular flexibility index (Phi) is 3.88. The van der Waals surface area contributed by atoms with Crippen molar-refractivity contribution < 1.29 is 18.8 Å². The monoisotopic (exact) mass is 328 g/mol. The van der Waals surface area contributed by atoms with Crippen LogP contribution in [0.25, 0.3) is 0 Å². The smallest absolute Gasteiger partial charge is 0.227 e. The van der Waals surface area contributed by atoms with Gasteiger partial charge in [-0.2, -0.15) is 0 Å². The third-order valence-electron chi connectivity index (χ3n) is 4.51. The summed E-state index contributed by atoms with van der Waals surface area (Å²) in [5, 5.41) is 3.94. The highest BCUT2D eigenvalue weighted by molar-refractivity contribution is 5.79. The zero-order valence-corrected chi connectivity index (χ0v) is 13.7. The number of fused-ring (bicyclic) bond motifs is 1. The molecule has 0 bridgehead atoms.